The smallest absolute Gasteiger partial charge is 0.339 e. The molecule has 7 heteroatoms. The zero-order valence-corrected chi connectivity index (χ0v) is 15.2. The van der Waals surface area contributed by atoms with Crippen LogP contribution in [-0.2, 0) is 22.4 Å². The molecule has 0 saturated carbocycles. The number of hydrogen-bond donors (Lipinski definition) is 1. The number of hydrogen-bond acceptors (Lipinski definition) is 6. The van der Waals surface area contributed by atoms with E-state index in [0.29, 0.717) is 17.8 Å². The molecule has 3 rings (SSSR count). The van der Waals surface area contributed by atoms with Crippen molar-refractivity contribution in [3.05, 3.63) is 39.7 Å². The fraction of sp³-hybridized carbons (Fsp3) is 0.450. The van der Waals surface area contributed by atoms with Crippen LogP contribution in [-0.4, -0.2) is 24.5 Å². The van der Waals surface area contributed by atoms with E-state index in [1.165, 1.54) is 0 Å². The highest BCUT2D eigenvalue weighted by atomic mass is 16.5. The van der Waals surface area contributed by atoms with E-state index in [-0.39, 0.29) is 24.5 Å². The number of benzene rings is 1. The van der Waals surface area contributed by atoms with Gasteiger partial charge in [0.1, 0.15) is 11.3 Å². The summed E-state index contributed by atoms with van der Waals surface area (Å²) in [5.74, 6) is -1.06. The van der Waals surface area contributed by atoms with Crippen molar-refractivity contribution in [1.29, 1.82) is 0 Å². The van der Waals surface area contributed by atoms with E-state index >= 15 is 0 Å². The molecule has 1 N–H and O–H groups in total. The van der Waals surface area contributed by atoms with E-state index in [0.717, 1.165) is 42.2 Å². The van der Waals surface area contributed by atoms with Crippen molar-refractivity contribution in [1.82, 2.24) is 5.32 Å². The lowest BCUT2D eigenvalue weighted by molar-refractivity contribution is -0.305. The first kappa shape index (κ1) is 18.9. The Balaban J connectivity index is 1.69. The van der Waals surface area contributed by atoms with E-state index in [9.17, 15) is 19.5 Å². The molecule has 2 aromatic rings. The Morgan fingerprint density at radius 2 is 2.00 bits per heavy atom. The van der Waals surface area contributed by atoms with Gasteiger partial charge >= 0.3 is 5.63 Å². The first-order valence-corrected chi connectivity index (χ1v) is 9.18. The fourth-order valence-corrected chi connectivity index (χ4v) is 3.34. The second-order valence-corrected chi connectivity index (χ2v) is 6.74. The van der Waals surface area contributed by atoms with Crippen LogP contribution in [0.4, 0.5) is 0 Å². The molecule has 0 aliphatic heterocycles. The van der Waals surface area contributed by atoms with Crippen LogP contribution in [0.15, 0.2) is 27.4 Å². The first-order valence-electron chi connectivity index (χ1n) is 9.18. The summed E-state index contributed by atoms with van der Waals surface area (Å²) < 4.78 is 11.1. The molecule has 0 radical (unpaired) electrons. The second kappa shape index (κ2) is 8.24. The molecule has 7 nitrogen and oxygen atoms in total. The highest BCUT2D eigenvalue weighted by Crippen LogP contribution is 2.29. The number of carbonyl (C=O) groups is 2. The lowest BCUT2D eigenvalue weighted by Crippen LogP contribution is -2.37. The molecule has 27 heavy (non-hydrogen) atoms. The van der Waals surface area contributed by atoms with Crippen LogP contribution in [0.1, 0.15) is 43.7 Å². The van der Waals surface area contributed by atoms with E-state index < -0.39 is 12.1 Å². The summed E-state index contributed by atoms with van der Waals surface area (Å²) in [6.07, 6.45) is 3.09. The van der Waals surface area contributed by atoms with E-state index in [2.05, 4.69) is 5.32 Å². The molecule has 0 unspecified atom stereocenters. The quantitative estimate of drug-likeness (QED) is 0.576. The van der Waals surface area contributed by atoms with Crippen molar-refractivity contribution >= 4 is 22.8 Å². The first-order chi connectivity index (χ1) is 13.0. The predicted octanol–water partition coefficient (Wildman–Crippen LogP) is 1.09. The van der Waals surface area contributed by atoms with Gasteiger partial charge in [0.25, 0.3) is 5.91 Å². The van der Waals surface area contributed by atoms with Crippen LogP contribution < -0.4 is 20.8 Å². The molecule has 1 aliphatic rings. The Morgan fingerprint density at radius 3 is 2.74 bits per heavy atom. The number of fused-ring (bicyclic) bond motifs is 3. The lowest BCUT2D eigenvalue weighted by atomic mass is 9.91. The van der Waals surface area contributed by atoms with Crippen LogP contribution in [0.25, 0.3) is 11.0 Å². The lowest BCUT2D eigenvalue weighted by Gasteiger charge is -2.18. The van der Waals surface area contributed by atoms with Crippen molar-refractivity contribution < 1.29 is 23.8 Å². The minimum absolute atomic E-state index is 0.108. The van der Waals surface area contributed by atoms with E-state index in [4.69, 9.17) is 9.15 Å². The highest BCUT2D eigenvalue weighted by molar-refractivity contribution is 5.83. The number of amides is 1. The topological polar surface area (TPSA) is 109 Å². The number of aliphatic carboxylic acids is 1. The number of rotatable bonds is 7. The number of aryl methyl sites for hydroxylation is 1. The zero-order valence-electron chi connectivity index (χ0n) is 15.2. The van der Waals surface area contributed by atoms with Crippen molar-refractivity contribution in [2.75, 3.05) is 6.54 Å². The number of carboxylic acid groups (broad SMARTS) is 1. The largest absolute Gasteiger partial charge is 0.550 e. The molecular formula is C20H22NO6-. The number of ether oxygens (including phenoxy) is 1. The van der Waals surface area contributed by atoms with Crippen LogP contribution in [0.3, 0.4) is 0 Å². The van der Waals surface area contributed by atoms with Gasteiger partial charge in [-0.2, -0.15) is 0 Å². The fourth-order valence-electron chi connectivity index (χ4n) is 3.34. The molecule has 1 aromatic heterocycles. The number of carbonyl (C=O) groups excluding carboxylic acids is 2. The SMILES string of the molecule is C[C@H](Oc1ccc2c3c(c(=O)oc2c1)CCCC3)C(=O)NCCCC(=O)[O-]. The van der Waals surface area contributed by atoms with Gasteiger partial charge in [-0.15, -0.1) is 0 Å². The minimum Gasteiger partial charge on any atom is -0.550 e. The Hall–Kier alpha value is -2.83. The average Bonchev–Trinajstić information content (AvgIpc) is 2.65. The van der Waals surface area contributed by atoms with Crippen LogP contribution in [0.2, 0.25) is 0 Å². The molecule has 0 saturated heterocycles. The highest BCUT2D eigenvalue weighted by Gasteiger charge is 2.19. The molecule has 0 bridgehead atoms. The Morgan fingerprint density at radius 1 is 1.26 bits per heavy atom. The standard InChI is InChI=1S/C20H23NO6/c1-12(19(24)21-10-4-7-18(22)23)26-13-8-9-15-14-5-2-3-6-16(14)20(25)27-17(15)11-13/h8-9,11-12H,2-7,10H2,1H3,(H,21,24)(H,22,23)/p-1/t12-/m0/s1. The summed E-state index contributed by atoms with van der Waals surface area (Å²) >= 11 is 0. The monoisotopic (exact) mass is 372 g/mol. The summed E-state index contributed by atoms with van der Waals surface area (Å²) in [4.78, 5) is 34.6. The van der Waals surface area contributed by atoms with E-state index in [1.807, 2.05) is 6.07 Å². The predicted molar refractivity (Wildman–Crippen MR) is 96.5 cm³/mol. The van der Waals surface area contributed by atoms with Gasteiger partial charge in [-0.1, -0.05) is 0 Å². The molecule has 1 aliphatic carbocycles. The summed E-state index contributed by atoms with van der Waals surface area (Å²) in [5.41, 5.74) is 1.98. The van der Waals surface area contributed by atoms with E-state index in [1.54, 1.807) is 19.1 Å². The summed E-state index contributed by atoms with van der Waals surface area (Å²) in [5, 5.41) is 13.9. The second-order valence-electron chi connectivity index (χ2n) is 6.74. The van der Waals surface area contributed by atoms with Crippen molar-refractivity contribution in [2.45, 2.75) is 51.6 Å². The van der Waals surface area contributed by atoms with Crippen LogP contribution >= 0.6 is 0 Å². The van der Waals surface area contributed by atoms with Gasteiger partial charge in [-0.3, -0.25) is 4.79 Å². The summed E-state index contributed by atoms with van der Waals surface area (Å²) in [6.45, 7) is 1.83. The average molecular weight is 372 g/mol. The number of nitrogens with one attached hydrogen (secondary N) is 1. The maximum Gasteiger partial charge on any atom is 0.339 e. The summed E-state index contributed by atoms with van der Waals surface area (Å²) in [6, 6.07) is 5.25. The maximum absolute atomic E-state index is 12.2. The van der Waals surface area contributed by atoms with Gasteiger partial charge in [0.15, 0.2) is 6.10 Å². The molecule has 1 heterocycles. The maximum atomic E-state index is 12.2. The molecule has 1 amide bonds. The van der Waals surface area contributed by atoms with Gasteiger partial charge in [-0.25, -0.2) is 4.79 Å². The number of carboxylic acids is 1. The minimum atomic E-state index is -1.15. The Labute approximate surface area is 156 Å². The Kier molecular flexibility index (Phi) is 5.78. The molecular weight excluding hydrogens is 350 g/mol. The van der Waals surface area contributed by atoms with Crippen LogP contribution in [0.5, 0.6) is 5.75 Å². The molecule has 0 fully saturated rings. The van der Waals surface area contributed by atoms with Crippen molar-refractivity contribution in [3.63, 3.8) is 0 Å². The van der Waals surface area contributed by atoms with Gasteiger partial charge in [0, 0.05) is 29.5 Å². The van der Waals surface area contributed by atoms with Gasteiger partial charge < -0.3 is 24.4 Å². The molecule has 0 spiro atoms. The van der Waals surface area contributed by atoms with Crippen molar-refractivity contribution in [2.24, 2.45) is 0 Å². The summed E-state index contributed by atoms with van der Waals surface area (Å²) in [7, 11) is 0. The third-order valence-electron chi connectivity index (χ3n) is 4.73. The third-order valence-corrected chi connectivity index (χ3v) is 4.73. The van der Waals surface area contributed by atoms with Gasteiger partial charge in [-0.05, 0) is 63.1 Å². The molecule has 1 atom stereocenters. The molecule has 1 aromatic carbocycles. The third kappa shape index (κ3) is 4.48. The van der Waals surface area contributed by atoms with Crippen LogP contribution in [0, 0.1) is 0 Å². The Bertz CT molecular complexity index is 917. The van der Waals surface area contributed by atoms with Gasteiger partial charge in [0.2, 0.25) is 0 Å². The normalized spacial score (nSPS) is 14.4. The molecule has 144 valence electrons. The van der Waals surface area contributed by atoms with Crippen molar-refractivity contribution in [3.8, 4) is 5.75 Å². The zero-order chi connectivity index (χ0) is 19.4. The van der Waals surface area contributed by atoms with Gasteiger partial charge in [0.05, 0.1) is 0 Å².